The van der Waals surface area contributed by atoms with Crippen molar-refractivity contribution in [1.82, 2.24) is 10.4 Å². The second-order valence-corrected chi connectivity index (χ2v) is 5.76. The largest absolute Gasteiger partial charge is 0.271 e. The van der Waals surface area contributed by atoms with E-state index in [1.807, 2.05) is 13.0 Å². The van der Waals surface area contributed by atoms with E-state index >= 15 is 0 Å². The van der Waals surface area contributed by atoms with Crippen LogP contribution >= 0.6 is 11.3 Å². The highest BCUT2D eigenvalue weighted by Gasteiger charge is 2.15. The Morgan fingerprint density at radius 2 is 2.00 bits per heavy atom. The molecule has 20 heavy (non-hydrogen) atoms. The van der Waals surface area contributed by atoms with Crippen molar-refractivity contribution in [3.8, 4) is 0 Å². The summed E-state index contributed by atoms with van der Waals surface area (Å²) in [6, 6.07) is 10.5. The average molecular weight is 283 g/mol. The molecule has 0 spiro atoms. The molecule has 0 saturated heterocycles. The summed E-state index contributed by atoms with van der Waals surface area (Å²) in [5.74, 6) is 5.77. The SMILES string of the molecule is Cc1ccc2cc(C(NN)c3cscc3C)ccc2n1. The van der Waals surface area contributed by atoms with Crippen LogP contribution in [0.1, 0.15) is 28.4 Å². The van der Waals surface area contributed by atoms with Gasteiger partial charge in [0.2, 0.25) is 0 Å². The summed E-state index contributed by atoms with van der Waals surface area (Å²) in [5.41, 5.74) is 8.64. The van der Waals surface area contributed by atoms with Crippen molar-refractivity contribution in [2.24, 2.45) is 5.84 Å². The van der Waals surface area contributed by atoms with Crippen molar-refractivity contribution in [1.29, 1.82) is 0 Å². The van der Waals surface area contributed by atoms with Crippen LogP contribution in [-0.4, -0.2) is 4.98 Å². The van der Waals surface area contributed by atoms with Crippen molar-refractivity contribution in [3.63, 3.8) is 0 Å². The first kappa shape index (κ1) is 13.2. The van der Waals surface area contributed by atoms with Crippen LogP contribution in [-0.2, 0) is 0 Å². The third kappa shape index (κ3) is 2.33. The number of hydrogen-bond acceptors (Lipinski definition) is 4. The minimum Gasteiger partial charge on any atom is -0.271 e. The maximum atomic E-state index is 5.77. The molecule has 4 heteroatoms. The van der Waals surface area contributed by atoms with Crippen LogP contribution in [0.5, 0.6) is 0 Å². The van der Waals surface area contributed by atoms with Crippen molar-refractivity contribution < 1.29 is 0 Å². The number of hydrazine groups is 1. The summed E-state index contributed by atoms with van der Waals surface area (Å²) in [6.45, 7) is 4.12. The molecule has 0 fully saturated rings. The van der Waals surface area contributed by atoms with Gasteiger partial charge in [0.05, 0.1) is 11.6 Å². The van der Waals surface area contributed by atoms with Crippen LogP contribution in [0, 0.1) is 13.8 Å². The number of aryl methyl sites for hydroxylation is 2. The molecule has 0 radical (unpaired) electrons. The number of thiophene rings is 1. The van der Waals surface area contributed by atoms with Crippen LogP contribution in [0.4, 0.5) is 0 Å². The molecule has 0 amide bonds. The molecule has 3 rings (SSSR count). The third-order valence-electron chi connectivity index (χ3n) is 3.56. The summed E-state index contributed by atoms with van der Waals surface area (Å²) < 4.78 is 0. The number of pyridine rings is 1. The molecule has 1 aromatic carbocycles. The third-order valence-corrected chi connectivity index (χ3v) is 4.44. The monoisotopic (exact) mass is 283 g/mol. The van der Waals surface area contributed by atoms with Crippen LogP contribution in [0.25, 0.3) is 10.9 Å². The Bertz CT molecular complexity index is 748. The number of hydrogen-bond donors (Lipinski definition) is 2. The predicted molar refractivity (Wildman–Crippen MR) is 84.7 cm³/mol. The van der Waals surface area contributed by atoms with Gasteiger partial charge < -0.3 is 0 Å². The molecular weight excluding hydrogens is 266 g/mol. The van der Waals surface area contributed by atoms with E-state index in [1.54, 1.807) is 11.3 Å². The van der Waals surface area contributed by atoms with E-state index in [-0.39, 0.29) is 6.04 Å². The first-order valence-corrected chi connectivity index (χ1v) is 7.49. The number of benzene rings is 1. The van der Waals surface area contributed by atoms with E-state index in [2.05, 4.69) is 52.4 Å². The quantitative estimate of drug-likeness (QED) is 0.571. The molecule has 0 aliphatic carbocycles. The maximum absolute atomic E-state index is 5.77. The Hall–Kier alpha value is -1.75. The lowest BCUT2D eigenvalue weighted by atomic mass is 9.97. The minimum absolute atomic E-state index is 0.0203. The summed E-state index contributed by atoms with van der Waals surface area (Å²) >= 11 is 1.70. The van der Waals surface area contributed by atoms with Crippen LogP contribution < -0.4 is 11.3 Å². The van der Waals surface area contributed by atoms with Crippen LogP contribution in [0.2, 0.25) is 0 Å². The van der Waals surface area contributed by atoms with E-state index in [9.17, 15) is 0 Å². The molecular formula is C16H17N3S. The first-order valence-electron chi connectivity index (χ1n) is 6.55. The standard InChI is InChI=1S/C16H17N3S/c1-10-8-20-9-14(10)16(19-17)13-5-6-15-12(7-13)4-3-11(2)18-15/h3-9,16,19H,17H2,1-2H3. The van der Waals surface area contributed by atoms with E-state index in [0.717, 1.165) is 22.2 Å². The molecule has 0 aliphatic rings. The summed E-state index contributed by atoms with van der Waals surface area (Å²) in [4.78, 5) is 4.53. The fraction of sp³-hybridized carbons (Fsp3) is 0.188. The highest BCUT2D eigenvalue weighted by Crippen LogP contribution is 2.28. The fourth-order valence-electron chi connectivity index (χ4n) is 2.46. The molecule has 3 N–H and O–H groups in total. The van der Waals surface area contributed by atoms with Gasteiger partial charge in [0.15, 0.2) is 0 Å². The van der Waals surface area contributed by atoms with E-state index in [0.29, 0.717) is 0 Å². The van der Waals surface area contributed by atoms with Gasteiger partial charge >= 0.3 is 0 Å². The van der Waals surface area contributed by atoms with E-state index in [4.69, 9.17) is 5.84 Å². The first-order chi connectivity index (χ1) is 9.69. The number of fused-ring (bicyclic) bond motifs is 1. The zero-order valence-corrected chi connectivity index (χ0v) is 12.4. The van der Waals surface area contributed by atoms with E-state index in [1.165, 1.54) is 11.1 Å². The molecule has 2 aromatic heterocycles. The van der Waals surface area contributed by atoms with Gasteiger partial charge in [-0.1, -0.05) is 12.1 Å². The molecule has 0 aliphatic heterocycles. The Morgan fingerprint density at radius 1 is 1.15 bits per heavy atom. The van der Waals surface area contributed by atoms with Crippen molar-refractivity contribution in [2.45, 2.75) is 19.9 Å². The summed E-state index contributed by atoms with van der Waals surface area (Å²) in [6.07, 6.45) is 0. The molecule has 0 saturated carbocycles. The molecule has 102 valence electrons. The Balaban J connectivity index is 2.08. The van der Waals surface area contributed by atoms with Crippen molar-refractivity contribution >= 4 is 22.2 Å². The lowest BCUT2D eigenvalue weighted by molar-refractivity contribution is 0.636. The Labute approximate surface area is 122 Å². The highest BCUT2D eigenvalue weighted by atomic mass is 32.1. The molecule has 3 aromatic rings. The fourth-order valence-corrected chi connectivity index (χ4v) is 3.33. The van der Waals surface area contributed by atoms with Crippen molar-refractivity contribution in [3.05, 3.63) is 63.5 Å². The number of rotatable bonds is 3. The predicted octanol–water partition coefficient (Wildman–Crippen LogP) is 3.47. The summed E-state index contributed by atoms with van der Waals surface area (Å²) in [5, 5.41) is 5.43. The molecule has 3 nitrogen and oxygen atoms in total. The normalized spacial score (nSPS) is 12.8. The van der Waals surface area contributed by atoms with Crippen molar-refractivity contribution in [2.75, 3.05) is 0 Å². The number of nitrogens with one attached hydrogen (secondary N) is 1. The van der Waals surface area contributed by atoms with Crippen LogP contribution in [0.15, 0.2) is 41.1 Å². The molecule has 0 bridgehead atoms. The number of nitrogens with two attached hydrogens (primary N) is 1. The van der Waals surface area contributed by atoms with Gasteiger partial charge in [-0.25, -0.2) is 5.43 Å². The molecule has 2 heterocycles. The van der Waals surface area contributed by atoms with Gasteiger partial charge in [-0.2, -0.15) is 11.3 Å². The number of nitrogens with zero attached hydrogens (tertiary/aromatic N) is 1. The van der Waals surface area contributed by atoms with Gasteiger partial charge in [0.25, 0.3) is 0 Å². The molecule has 1 unspecified atom stereocenters. The minimum atomic E-state index is 0.0203. The highest BCUT2D eigenvalue weighted by molar-refractivity contribution is 7.08. The van der Waals surface area contributed by atoms with Crippen LogP contribution in [0.3, 0.4) is 0 Å². The Kier molecular flexibility index (Phi) is 3.53. The second kappa shape index (κ2) is 5.32. The van der Waals surface area contributed by atoms with Gasteiger partial charge in [0, 0.05) is 11.1 Å². The lowest BCUT2D eigenvalue weighted by Crippen LogP contribution is -2.28. The lowest BCUT2D eigenvalue weighted by Gasteiger charge is -2.17. The molecule has 1 atom stereocenters. The number of aromatic nitrogens is 1. The zero-order valence-electron chi connectivity index (χ0n) is 11.6. The summed E-state index contributed by atoms with van der Waals surface area (Å²) in [7, 11) is 0. The zero-order chi connectivity index (χ0) is 14.1. The second-order valence-electron chi connectivity index (χ2n) is 5.01. The topological polar surface area (TPSA) is 50.9 Å². The van der Waals surface area contributed by atoms with Gasteiger partial charge in [-0.05, 0) is 59.5 Å². The van der Waals surface area contributed by atoms with Gasteiger partial charge in [-0.3, -0.25) is 10.8 Å². The Morgan fingerprint density at radius 3 is 2.70 bits per heavy atom. The van der Waals surface area contributed by atoms with Gasteiger partial charge in [0.1, 0.15) is 0 Å². The van der Waals surface area contributed by atoms with Gasteiger partial charge in [-0.15, -0.1) is 0 Å². The average Bonchev–Trinajstić information content (AvgIpc) is 2.86. The smallest absolute Gasteiger partial charge is 0.0720 e. The van der Waals surface area contributed by atoms with E-state index < -0.39 is 0 Å². The maximum Gasteiger partial charge on any atom is 0.0720 e.